The van der Waals surface area contributed by atoms with E-state index in [1.807, 2.05) is 19.2 Å². The summed E-state index contributed by atoms with van der Waals surface area (Å²) in [6.07, 6.45) is 0.895. The van der Waals surface area contributed by atoms with Crippen LogP contribution in [0.3, 0.4) is 0 Å². The molecular formula is C20H29N3O3S. The van der Waals surface area contributed by atoms with E-state index >= 15 is 0 Å². The number of aryl methyl sites for hydroxylation is 2. The van der Waals surface area contributed by atoms with Gasteiger partial charge in [0.2, 0.25) is 0 Å². The topological polar surface area (TPSA) is 67.6 Å². The molecule has 7 heteroatoms. The van der Waals surface area contributed by atoms with Crippen molar-refractivity contribution in [1.29, 1.82) is 0 Å². The van der Waals surface area contributed by atoms with E-state index in [4.69, 9.17) is 9.26 Å². The molecule has 2 aromatic rings. The molecule has 3 heterocycles. The summed E-state index contributed by atoms with van der Waals surface area (Å²) in [4.78, 5) is 16.4. The average Bonchev–Trinajstić information content (AvgIpc) is 3.18. The second-order valence-corrected chi connectivity index (χ2v) is 9.06. The Kier molecular flexibility index (Phi) is 6.03. The number of fused-ring (bicyclic) bond motifs is 1. The summed E-state index contributed by atoms with van der Waals surface area (Å²) < 4.78 is 10.5. The van der Waals surface area contributed by atoms with Crippen LogP contribution in [0.15, 0.2) is 9.90 Å². The lowest BCUT2D eigenvalue weighted by Gasteiger charge is -2.27. The van der Waals surface area contributed by atoms with Crippen molar-refractivity contribution in [2.45, 2.75) is 47.2 Å². The number of methoxy groups -OCH3 is 1. The zero-order valence-electron chi connectivity index (χ0n) is 16.8. The Hall–Kier alpha value is -1.70. The first kappa shape index (κ1) is 20.0. The van der Waals surface area contributed by atoms with Crippen molar-refractivity contribution in [1.82, 2.24) is 15.4 Å². The highest BCUT2D eigenvalue weighted by Crippen LogP contribution is 2.30. The van der Waals surface area contributed by atoms with Crippen molar-refractivity contribution < 1.29 is 14.1 Å². The molecule has 0 saturated heterocycles. The van der Waals surface area contributed by atoms with E-state index < -0.39 is 0 Å². The van der Waals surface area contributed by atoms with Crippen LogP contribution >= 0.6 is 11.3 Å². The maximum absolute atomic E-state index is 12.7. The van der Waals surface area contributed by atoms with Crippen LogP contribution in [0.5, 0.6) is 0 Å². The van der Waals surface area contributed by atoms with Crippen LogP contribution in [0.1, 0.15) is 51.7 Å². The number of ether oxygens (including phenoxy) is 1. The summed E-state index contributed by atoms with van der Waals surface area (Å²) in [7, 11) is 1.69. The number of hydrogen-bond acceptors (Lipinski definition) is 6. The molecule has 0 fully saturated rings. The standard InChI is InChI=1S/C20H29N3O3S/c1-13-16(14(2)26-22-13)8-23-7-6-15-17(10-27-18(15)9-23)19(24)21-11-20(3,4)12-25-5/h10H,6-9,11-12H2,1-5H3,(H,21,24). The SMILES string of the molecule is COCC(C)(C)CNC(=O)c1csc2c1CCN(Cc1c(C)noc1C)C2. The number of thiophene rings is 1. The zero-order valence-corrected chi connectivity index (χ0v) is 17.7. The molecule has 6 nitrogen and oxygen atoms in total. The first-order chi connectivity index (χ1) is 12.8. The van der Waals surface area contributed by atoms with Crippen LogP contribution in [0.4, 0.5) is 0 Å². The molecule has 2 aromatic heterocycles. The molecule has 1 aliphatic heterocycles. The zero-order chi connectivity index (χ0) is 19.6. The number of rotatable bonds is 7. The van der Waals surface area contributed by atoms with Crippen molar-refractivity contribution >= 4 is 17.2 Å². The second-order valence-electron chi connectivity index (χ2n) is 8.09. The van der Waals surface area contributed by atoms with Gasteiger partial charge in [-0.2, -0.15) is 0 Å². The molecule has 0 atom stereocenters. The molecule has 0 bridgehead atoms. The quantitative estimate of drug-likeness (QED) is 0.784. The predicted octanol–water partition coefficient (Wildman–Crippen LogP) is 3.31. The lowest BCUT2D eigenvalue weighted by Crippen LogP contribution is -2.37. The van der Waals surface area contributed by atoms with Gasteiger partial charge in [0, 0.05) is 54.5 Å². The fourth-order valence-electron chi connectivity index (χ4n) is 3.51. The van der Waals surface area contributed by atoms with E-state index in [0.29, 0.717) is 13.2 Å². The van der Waals surface area contributed by atoms with Crippen molar-refractivity contribution in [3.05, 3.63) is 38.4 Å². The molecule has 0 radical (unpaired) electrons. The highest BCUT2D eigenvalue weighted by molar-refractivity contribution is 7.10. The van der Waals surface area contributed by atoms with Crippen molar-refractivity contribution in [2.24, 2.45) is 5.41 Å². The van der Waals surface area contributed by atoms with Gasteiger partial charge < -0.3 is 14.6 Å². The minimum Gasteiger partial charge on any atom is -0.384 e. The van der Waals surface area contributed by atoms with Gasteiger partial charge in [0.15, 0.2) is 0 Å². The first-order valence-corrected chi connectivity index (χ1v) is 10.2. The Morgan fingerprint density at radius 3 is 2.89 bits per heavy atom. The highest BCUT2D eigenvalue weighted by Gasteiger charge is 2.26. The van der Waals surface area contributed by atoms with Crippen molar-refractivity contribution in [2.75, 3.05) is 26.8 Å². The third-order valence-corrected chi connectivity index (χ3v) is 6.11. The third kappa shape index (κ3) is 4.59. The molecule has 3 rings (SSSR count). The first-order valence-electron chi connectivity index (χ1n) is 9.31. The van der Waals surface area contributed by atoms with Crippen LogP contribution in [0.2, 0.25) is 0 Å². The molecule has 1 N–H and O–H groups in total. The Balaban J connectivity index is 1.63. The van der Waals surface area contributed by atoms with Crippen LogP contribution in [0, 0.1) is 19.3 Å². The molecule has 1 amide bonds. The summed E-state index contributed by atoms with van der Waals surface area (Å²) in [6.45, 7) is 12.0. The summed E-state index contributed by atoms with van der Waals surface area (Å²) in [5.74, 6) is 0.916. The fourth-order valence-corrected chi connectivity index (χ4v) is 4.64. The third-order valence-electron chi connectivity index (χ3n) is 5.10. The number of aromatic nitrogens is 1. The minimum atomic E-state index is -0.0777. The van der Waals surface area contributed by atoms with E-state index in [-0.39, 0.29) is 11.3 Å². The normalized spacial score (nSPS) is 15.0. The summed E-state index contributed by atoms with van der Waals surface area (Å²) in [5.41, 5.74) is 4.10. The second kappa shape index (κ2) is 8.12. The summed E-state index contributed by atoms with van der Waals surface area (Å²) in [6, 6.07) is 0. The highest BCUT2D eigenvalue weighted by atomic mass is 32.1. The van der Waals surface area contributed by atoms with Crippen LogP contribution in [0.25, 0.3) is 0 Å². The van der Waals surface area contributed by atoms with Gasteiger partial charge in [0.1, 0.15) is 5.76 Å². The molecular weight excluding hydrogens is 362 g/mol. The van der Waals surface area contributed by atoms with Gasteiger partial charge >= 0.3 is 0 Å². The van der Waals surface area contributed by atoms with Gasteiger partial charge in [-0.25, -0.2) is 0 Å². The number of nitrogens with one attached hydrogen (secondary N) is 1. The maximum Gasteiger partial charge on any atom is 0.252 e. The van der Waals surface area contributed by atoms with Gasteiger partial charge in [-0.3, -0.25) is 9.69 Å². The van der Waals surface area contributed by atoms with Crippen LogP contribution in [-0.2, 0) is 24.2 Å². The van der Waals surface area contributed by atoms with Crippen molar-refractivity contribution in [3.63, 3.8) is 0 Å². The lowest BCUT2D eigenvalue weighted by molar-refractivity contribution is 0.0846. The van der Waals surface area contributed by atoms with E-state index in [1.165, 1.54) is 16.0 Å². The average molecular weight is 392 g/mol. The molecule has 0 aromatic carbocycles. The number of nitrogens with zero attached hydrogens (tertiary/aromatic N) is 2. The van der Waals surface area contributed by atoms with Crippen molar-refractivity contribution in [3.8, 4) is 0 Å². The van der Waals surface area contributed by atoms with Gasteiger partial charge in [0.05, 0.1) is 17.9 Å². The predicted molar refractivity (Wildman–Crippen MR) is 106 cm³/mol. The number of hydrogen-bond donors (Lipinski definition) is 1. The largest absolute Gasteiger partial charge is 0.384 e. The summed E-state index contributed by atoms with van der Waals surface area (Å²) >= 11 is 1.68. The van der Waals surface area contributed by atoms with Gasteiger partial charge in [-0.1, -0.05) is 19.0 Å². The maximum atomic E-state index is 12.7. The van der Waals surface area contributed by atoms with Crippen LogP contribution < -0.4 is 5.32 Å². The van der Waals surface area contributed by atoms with Gasteiger partial charge in [-0.15, -0.1) is 11.3 Å². The van der Waals surface area contributed by atoms with Crippen LogP contribution in [-0.4, -0.2) is 42.8 Å². The molecule has 27 heavy (non-hydrogen) atoms. The number of carbonyl (C=O) groups is 1. The van der Waals surface area contributed by atoms with Gasteiger partial charge in [0.25, 0.3) is 5.91 Å². The minimum absolute atomic E-state index is 0.0239. The Labute approximate surface area is 164 Å². The monoisotopic (exact) mass is 391 g/mol. The Morgan fingerprint density at radius 2 is 2.22 bits per heavy atom. The molecule has 0 unspecified atom stereocenters. The molecule has 0 saturated carbocycles. The van der Waals surface area contributed by atoms with E-state index in [2.05, 4.69) is 29.2 Å². The summed E-state index contributed by atoms with van der Waals surface area (Å²) in [5, 5.41) is 9.12. The van der Waals surface area contributed by atoms with Gasteiger partial charge in [-0.05, 0) is 25.8 Å². The molecule has 1 aliphatic rings. The number of carbonyl (C=O) groups excluding carboxylic acids is 1. The van der Waals surface area contributed by atoms with E-state index in [9.17, 15) is 4.79 Å². The molecule has 0 aliphatic carbocycles. The Morgan fingerprint density at radius 1 is 1.44 bits per heavy atom. The smallest absolute Gasteiger partial charge is 0.252 e. The lowest BCUT2D eigenvalue weighted by atomic mass is 9.94. The fraction of sp³-hybridized carbons (Fsp3) is 0.600. The Bertz CT molecular complexity index is 790. The van der Waals surface area contributed by atoms with E-state index in [0.717, 1.165) is 43.1 Å². The van der Waals surface area contributed by atoms with E-state index in [1.54, 1.807) is 18.4 Å². The molecule has 148 valence electrons. The molecule has 0 spiro atoms. The number of amides is 1.